The molecule has 10 heteroatoms. The summed E-state index contributed by atoms with van der Waals surface area (Å²) >= 11 is 0. The molecule has 0 aromatic heterocycles. The van der Waals surface area contributed by atoms with Crippen LogP contribution in [0.4, 0.5) is 0 Å². The van der Waals surface area contributed by atoms with Crippen LogP contribution in [0.1, 0.15) is 11.1 Å². The van der Waals surface area contributed by atoms with Crippen LogP contribution >= 0.6 is 0 Å². The molecular formula is C18H18N4O6. The number of carbonyl (C=O) groups is 2. The highest BCUT2D eigenvalue weighted by molar-refractivity contribution is 5.91. The number of aliphatic hydroxyl groups is 2. The van der Waals surface area contributed by atoms with E-state index in [0.717, 1.165) is 0 Å². The van der Waals surface area contributed by atoms with Gasteiger partial charge < -0.3 is 20.4 Å². The van der Waals surface area contributed by atoms with Crippen LogP contribution in [-0.2, 0) is 9.59 Å². The number of hydrazone groups is 2. The molecule has 2 rings (SSSR count). The van der Waals surface area contributed by atoms with Gasteiger partial charge in [-0.1, -0.05) is 0 Å². The number of amides is 2. The second-order valence-corrected chi connectivity index (χ2v) is 5.54. The molecule has 28 heavy (non-hydrogen) atoms. The summed E-state index contributed by atoms with van der Waals surface area (Å²) in [5, 5.41) is 44.9. The maximum Gasteiger partial charge on any atom is 0.272 e. The normalized spacial score (nSPS) is 13.4. The Morgan fingerprint density at radius 2 is 1.04 bits per heavy atom. The van der Waals surface area contributed by atoms with E-state index >= 15 is 0 Å². The molecule has 0 saturated heterocycles. The average molecular weight is 386 g/mol. The highest BCUT2D eigenvalue weighted by atomic mass is 16.3. The van der Waals surface area contributed by atoms with Crippen molar-refractivity contribution in [1.82, 2.24) is 10.9 Å². The maximum absolute atomic E-state index is 11.7. The number of nitrogens with one attached hydrogen (secondary N) is 2. The van der Waals surface area contributed by atoms with Gasteiger partial charge in [-0.05, 0) is 59.7 Å². The number of hydrogen-bond donors (Lipinski definition) is 6. The third kappa shape index (κ3) is 6.20. The van der Waals surface area contributed by atoms with Crippen LogP contribution in [0.5, 0.6) is 11.5 Å². The number of phenolic OH excluding ortho intramolecular Hbond substituents is 2. The first-order chi connectivity index (χ1) is 13.4. The Hall–Kier alpha value is -3.76. The van der Waals surface area contributed by atoms with Gasteiger partial charge in [0.05, 0.1) is 12.4 Å². The number of carbonyl (C=O) groups excluding carboxylic acids is 2. The van der Waals surface area contributed by atoms with Crippen molar-refractivity contribution in [2.24, 2.45) is 10.2 Å². The van der Waals surface area contributed by atoms with Crippen molar-refractivity contribution in [2.75, 3.05) is 0 Å². The molecule has 2 aromatic carbocycles. The Labute approximate surface area is 159 Å². The number of aromatic hydroxyl groups is 2. The van der Waals surface area contributed by atoms with Gasteiger partial charge in [0.25, 0.3) is 11.8 Å². The lowest BCUT2D eigenvalue weighted by atomic mass is 10.2. The van der Waals surface area contributed by atoms with Crippen molar-refractivity contribution >= 4 is 24.2 Å². The van der Waals surface area contributed by atoms with Gasteiger partial charge in [0, 0.05) is 0 Å². The van der Waals surface area contributed by atoms with E-state index in [9.17, 15) is 19.8 Å². The fraction of sp³-hybridized carbons (Fsp3) is 0.111. The zero-order chi connectivity index (χ0) is 20.5. The highest BCUT2D eigenvalue weighted by Crippen LogP contribution is 2.08. The van der Waals surface area contributed by atoms with Crippen molar-refractivity contribution in [3.63, 3.8) is 0 Å². The predicted octanol–water partition coefficient (Wildman–Crippen LogP) is -0.580. The predicted molar refractivity (Wildman–Crippen MR) is 99.7 cm³/mol. The van der Waals surface area contributed by atoms with Gasteiger partial charge in [0.1, 0.15) is 11.5 Å². The number of benzene rings is 2. The van der Waals surface area contributed by atoms with E-state index in [1.807, 2.05) is 10.9 Å². The molecule has 0 unspecified atom stereocenters. The monoisotopic (exact) mass is 386 g/mol. The number of aliphatic hydroxyl groups excluding tert-OH is 2. The highest BCUT2D eigenvalue weighted by Gasteiger charge is 2.30. The summed E-state index contributed by atoms with van der Waals surface area (Å²) in [5.74, 6) is -2.06. The summed E-state index contributed by atoms with van der Waals surface area (Å²) in [6.45, 7) is 0. The molecule has 0 bridgehead atoms. The lowest BCUT2D eigenvalue weighted by molar-refractivity contribution is -0.146. The van der Waals surface area contributed by atoms with Crippen LogP contribution in [0.15, 0.2) is 58.7 Å². The van der Waals surface area contributed by atoms with Crippen LogP contribution in [0.3, 0.4) is 0 Å². The van der Waals surface area contributed by atoms with E-state index in [2.05, 4.69) is 10.2 Å². The molecule has 0 heterocycles. The third-order valence-electron chi connectivity index (χ3n) is 3.40. The Bertz CT molecular complexity index is 791. The lowest BCUT2D eigenvalue weighted by Gasteiger charge is -2.14. The van der Waals surface area contributed by atoms with E-state index in [4.69, 9.17) is 10.2 Å². The van der Waals surface area contributed by atoms with Crippen molar-refractivity contribution in [1.29, 1.82) is 0 Å². The molecule has 6 N–H and O–H groups in total. The molecule has 0 aliphatic heterocycles. The molecule has 0 radical (unpaired) electrons. The summed E-state index contributed by atoms with van der Waals surface area (Å²) in [6.07, 6.45) is -1.64. The van der Waals surface area contributed by atoms with Gasteiger partial charge >= 0.3 is 0 Å². The number of nitrogens with zero attached hydrogens (tertiary/aromatic N) is 2. The fourth-order valence-corrected chi connectivity index (χ4v) is 1.88. The van der Waals surface area contributed by atoms with Crippen LogP contribution in [0.25, 0.3) is 0 Å². The standard InChI is InChI=1S/C18H18N4O6/c23-13-5-1-11(2-6-13)9-19-21-17(27)15(25)16(26)18(28)22-20-10-12-3-7-14(24)8-4-12/h1-10,15-16,23-26H,(H,21,27)(H,22,28)/b19-9-,20-10-/t15-,16-/m1/s1. The van der Waals surface area contributed by atoms with Crippen molar-refractivity contribution in [2.45, 2.75) is 12.2 Å². The minimum Gasteiger partial charge on any atom is -0.508 e. The topological polar surface area (TPSA) is 164 Å². The molecular weight excluding hydrogens is 368 g/mol. The van der Waals surface area contributed by atoms with E-state index < -0.39 is 24.0 Å². The lowest BCUT2D eigenvalue weighted by Crippen LogP contribution is -2.47. The van der Waals surface area contributed by atoms with Gasteiger partial charge in [-0.15, -0.1) is 0 Å². The Morgan fingerprint density at radius 1 is 0.714 bits per heavy atom. The molecule has 0 aliphatic rings. The Balaban J connectivity index is 1.83. The first kappa shape index (κ1) is 20.6. The fourth-order valence-electron chi connectivity index (χ4n) is 1.88. The Morgan fingerprint density at radius 3 is 1.36 bits per heavy atom. The smallest absolute Gasteiger partial charge is 0.272 e. The summed E-state index contributed by atoms with van der Waals surface area (Å²) in [6, 6.07) is 11.8. The molecule has 0 fully saturated rings. The minimum absolute atomic E-state index is 0.0683. The van der Waals surface area contributed by atoms with Gasteiger partial charge in [0.2, 0.25) is 0 Å². The molecule has 2 amide bonds. The zero-order valence-electron chi connectivity index (χ0n) is 14.4. The van der Waals surface area contributed by atoms with Gasteiger partial charge in [-0.2, -0.15) is 10.2 Å². The SMILES string of the molecule is O=C(N/N=C\c1ccc(O)cc1)[C@H](O)[C@@H](O)C(=O)N/N=C\c1ccc(O)cc1. The van der Waals surface area contributed by atoms with Crippen LogP contribution in [0.2, 0.25) is 0 Å². The zero-order valence-corrected chi connectivity index (χ0v) is 14.4. The van der Waals surface area contributed by atoms with E-state index in [1.165, 1.54) is 61.0 Å². The quantitative estimate of drug-likeness (QED) is 0.275. The Kier molecular flexibility index (Phi) is 7.20. The van der Waals surface area contributed by atoms with Crippen molar-refractivity contribution < 1.29 is 30.0 Å². The summed E-state index contributed by atoms with van der Waals surface area (Å²) < 4.78 is 0. The summed E-state index contributed by atoms with van der Waals surface area (Å²) in [7, 11) is 0. The first-order valence-electron chi connectivity index (χ1n) is 7.97. The molecule has 0 spiro atoms. The van der Waals surface area contributed by atoms with Gasteiger partial charge in [0.15, 0.2) is 12.2 Å². The average Bonchev–Trinajstić information content (AvgIpc) is 2.69. The third-order valence-corrected chi connectivity index (χ3v) is 3.40. The molecule has 0 saturated carbocycles. The van der Waals surface area contributed by atoms with E-state index in [0.29, 0.717) is 11.1 Å². The largest absolute Gasteiger partial charge is 0.508 e. The second-order valence-electron chi connectivity index (χ2n) is 5.54. The first-order valence-corrected chi connectivity index (χ1v) is 7.97. The van der Waals surface area contributed by atoms with Gasteiger partial charge in [-0.3, -0.25) is 9.59 Å². The second kappa shape index (κ2) is 9.80. The van der Waals surface area contributed by atoms with Crippen molar-refractivity contribution in [3.05, 3.63) is 59.7 Å². The molecule has 2 aromatic rings. The van der Waals surface area contributed by atoms with Crippen molar-refractivity contribution in [3.8, 4) is 11.5 Å². The number of rotatable bonds is 7. The molecule has 2 atom stereocenters. The molecule has 0 aliphatic carbocycles. The molecule has 146 valence electrons. The van der Waals surface area contributed by atoms with Crippen LogP contribution in [0, 0.1) is 0 Å². The summed E-state index contributed by atoms with van der Waals surface area (Å²) in [4.78, 5) is 23.5. The maximum atomic E-state index is 11.7. The number of phenols is 2. The minimum atomic E-state index is -2.07. The van der Waals surface area contributed by atoms with Crippen LogP contribution < -0.4 is 10.9 Å². The number of hydrogen-bond acceptors (Lipinski definition) is 8. The van der Waals surface area contributed by atoms with E-state index in [-0.39, 0.29) is 11.5 Å². The van der Waals surface area contributed by atoms with E-state index in [1.54, 1.807) is 0 Å². The van der Waals surface area contributed by atoms with Crippen LogP contribution in [-0.4, -0.2) is 56.9 Å². The summed E-state index contributed by atoms with van der Waals surface area (Å²) in [5.41, 5.74) is 5.10. The molecule has 10 nitrogen and oxygen atoms in total. The van der Waals surface area contributed by atoms with Gasteiger partial charge in [-0.25, -0.2) is 10.9 Å².